The van der Waals surface area contributed by atoms with E-state index in [1.165, 1.54) is 0 Å². The summed E-state index contributed by atoms with van der Waals surface area (Å²) in [4.78, 5) is 25.0. The lowest BCUT2D eigenvalue weighted by Gasteiger charge is -2.35. The number of aliphatic carboxylic acids is 1. The molecule has 3 N–H and O–H groups in total. The summed E-state index contributed by atoms with van der Waals surface area (Å²) in [5, 5.41) is 8.93. The van der Waals surface area contributed by atoms with Crippen molar-refractivity contribution in [3.05, 3.63) is 0 Å². The number of hydrogen-bond acceptors (Lipinski definition) is 3. The third-order valence-electron chi connectivity index (χ3n) is 4.20. The van der Waals surface area contributed by atoms with Gasteiger partial charge in [0.25, 0.3) is 0 Å². The number of piperidine rings is 1. The molecule has 5 heteroatoms. The Hall–Kier alpha value is -1.10. The van der Waals surface area contributed by atoms with Crippen molar-refractivity contribution in [1.82, 2.24) is 4.90 Å². The van der Waals surface area contributed by atoms with Crippen LogP contribution >= 0.6 is 0 Å². The van der Waals surface area contributed by atoms with Crippen LogP contribution in [0.25, 0.3) is 0 Å². The molecular weight excluding hydrogens is 232 g/mol. The Balaban J connectivity index is 1.85. The summed E-state index contributed by atoms with van der Waals surface area (Å²) in [5.74, 6) is -0.765. The first-order chi connectivity index (χ1) is 8.58. The molecule has 5 nitrogen and oxygen atoms in total. The average Bonchev–Trinajstić information content (AvgIpc) is 2.38. The number of rotatable bonds is 2. The highest BCUT2D eigenvalue weighted by atomic mass is 16.4. The van der Waals surface area contributed by atoms with E-state index in [2.05, 4.69) is 0 Å². The largest absolute Gasteiger partial charge is 0.481 e. The van der Waals surface area contributed by atoms with E-state index in [4.69, 9.17) is 10.8 Å². The maximum atomic E-state index is 12.3. The molecule has 0 bridgehead atoms. The van der Waals surface area contributed by atoms with Crippen molar-refractivity contribution >= 4 is 11.9 Å². The average molecular weight is 254 g/mol. The van der Waals surface area contributed by atoms with Crippen LogP contribution in [0.2, 0.25) is 0 Å². The molecule has 102 valence electrons. The van der Waals surface area contributed by atoms with Crippen molar-refractivity contribution in [2.75, 3.05) is 13.1 Å². The fourth-order valence-corrected chi connectivity index (χ4v) is 3.06. The standard InChI is InChI=1S/C13H22N2O3/c14-11-2-1-7-15(8-11)12(16)9-3-5-10(6-4-9)13(17)18/h9-11H,1-8,14H2,(H,17,18). The highest BCUT2D eigenvalue weighted by Gasteiger charge is 2.33. The highest BCUT2D eigenvalue weighted by Crippen LogP contribution is 2.30. The number of carboxylic acids is 1. The minimum absolute atomic E-state index is 0.0194. The maximum absolute atomic E-state index is 12.3. The van der Waals surface area contributed by atoms with E-state index in [-0.39, 0.29) is 23.8 Å². The van der Waals surface area contributed by atoms with E-state index in [0.29, 0.717) is 32.2 Å². The summed E-state index contributed by atoms with van der Waals surface area (Å²) in [5.41, 5.74) is 5.88. The zero-order valence-electron chi connectivity index (χ0n) is 10.7. The molecule has 1 heterocycles. The highest BCUT2D eigenvalue weighted by molar-refractivity contribution is 5.79. The number of nitrogens with zero attached hydrogens (tertiary/aromatic N) is 1. The van der Waals surface area contributed by atoms with E-state index in [1.807, 2.05) is 4.90 Å². The molecule has 18 heavy (non-hydrogen) atoms. The first-order valence-electron chi connectivity index (χ1n) is 6.85. The number of amides is 1. The van der Waals surface area contributed by atoms with Crippen LogP contribution in [0.1, 0.15) is 38.5 Å². The molecule has 1 aliphatic heterocycles. The van der Waals surface area contributed by atoms with Crippen molar-refractivity contribution in [2.24, 2.45) is 17.6 Å². The van der Waals surface area contributed by atoms with Gasteiger partial charge in [0.1, 0.15) is 0 Å². The summed E-state index contributed by atoms with van der Waals surface area (Å²) in [7, 11) is 0. The van der Waals surface area contributed by atoms with E-state index in [0.717, 1.165) is 19.4 Å². The molecule has 2 rings (SSSR count). The Kier molecular flexibility index (Phi) is 4.22. The first-order valence-corrected chi connectivity index (χ1v) is 6.85. The van der Waals surface area contributed by atoms with Crippen LogP contribution in [0.3, 0.4) is 0 Å². The quantitative estimate of drug-likeness (QED) is 0.764. The number of carbonyl (C=O) groups is 2. The predicted molar refractivity (Wildman–Crippen MR) is 66.9 cm³/mol. The van der Waals surface area contributed by atoms with E-state index < -0.39 is 5.97 Å². The van der Waals surface area contributed by atoms with Crippen LogP contribution in [-0.4, -0.2) is 41.0 Å². The predicted octanol–water partition coefficient (Wildman–Crippen LogP) is 0.827. The van der Waals surface area contributed by atoms with Gasteiger partial charge in [0.05, 0.1) is 5.92 Å². The van der Waals surface area contributed by atoms with Crippen LogP contribution in [-0.2, 0) is 9.59 Å². The van der Waals surface area contributed by atoms with Crippen LogP contribution in [0.15, 0.2) is 0 Å². The Bertz CT molecular complexity index is 324. The van der Waals surface area contributed by atoms with Gasteiger partial charge in [0.15, 0.2) is 0 Å². The molecule has 1 unspecified atom stereocenters. The Labute approximate surface area is 107 Å². The van der Waals surface area contributed by atoms with Crippen molar-refractivity contribution in [3.63, 3.8) is 0 Å². The summed E-state index contributed by atoms with van der Waals surface area (Å²) < 4.78 is 0. The lowest BCUT2D eigenvalue weighted by Crippen LogP contribution is -2.48. The SMILES string of the molecule is NC1CCCN(C(=O)C2CCC(C(=O)O)CC2)C1. The zero-order valence-corrected chi connectivity index (χ0v) is 10.7. The molecule has 0 spiro atoms. The Morgan fingerprint density at radius 2 is 1.67 bits per heavy atom. The minimum atomic E-state index is -0.721. The molecule has 1 amide bonds. The third-order valence-corrected chi connectivity index (χ3v) is 4.20. The summed E-state index contributed by atoms with van der Waals surface area (Å²) in [6.07, 6.45) is 4.66. The topological polar surface area (TPSA) is 83.6 Å². The van der Waals surface area contributed by atoms with Gasteiger partial charge in [-0.2, -0.15) is 0 Å². The summed E-state index contributed by atoms with van der Waals surface area (Å²) >= 11 is 0. The second-order valence-corrected chi connectivity index (χ2v) is 5.57. The first kappa shape index (κ1) is 13.3. The molecule has 1 saturated heterocycles. The summed E-state index contributed by atoms with van der Waals surface area (Å²) in [6.45, 7) is 1.48. The number of carbonyl (C=O) groups excluding carboxylic acids is 1. The van der Waals surface area contributed by atoms with Crippen LogP contribution in [0, 0.1) is 11.8 Å². The Morgan fingerprint density at radius 1 is 1.06 bits per heavy atom. The lowest BCUT2D eigenvalue weighted by atomic mass is 9.81. The van der Waals surface area contributed by atoms with Crippen molar-refractivity contribution in [3.8, 4) is 0 Å². The van der Waals surface area contributed by atoms with Gasteiger partial charge in [-0.1, -0.05) is 0 Å². The smallest absolute Gasteiger partial charge is 0.306 e. The van der Waals surface area contributed by atoms with E-state index in [9.17, 15) is 9.59 Å². The molecule has 0 aromatic rings. The van der Waals surface area contributed by atoms with Gasteiger partial charge in [-0.05, 0) is 38.5 Å². The monoisotopic (exact) mass is 254 g/mol. The van der Waals surface area contributed by atoms with Crippen molar-refractivity contribution in [2.45, 2.75) is 44.6 Å². The Morgan fingerprint density at radius 3 is 2.22 bits per heavy atom. The zero-order chi connectivity index (χ0) is 13.1. The van der Waals surface area contributed by atoms with Crippen molar-refractivity contribution < 1.29 is 14.7 Å². The number of hydrogen-bond donors (Lipinski definition) is 2. The molecular formula is C13H22N2O3. The fourth-order valence-electron chi connectivity index (χ4n) is 3.06. The van der Waals surface area contributed by atoms with Gasteiger partial charge < -0.3 is 15.7 Å². The third kappa shape index (κ3) is 3.02. The molecule has 0 radical (unpaired) electrons. The lowest BCUT2D eigenvalue weighted by molar-refractivity contribution is -0.146. The summed E-state index contributed by atoms with van der Waals surface area (Å²) in [6, 6.07) is 0.109. The minimum Gasteiger partial charge on any atom is -0.481 e. The molecule has 1 saturated carbocycles. The number of carboxylic acid groups (broad SMARTS) is 1. The van der Waals surface area contributed by atoms with E-state index >= 15 is 0 Å². The molecule has 0 aromatic heterocycles. The van der Waals surface area contributed by atoms with Crippen LogP contribution < -0.4 is 5.73 Å². The molecule has 0 aromatic carbocycles. The fraction of sp³-hybridized carbons (Fsp3) is 0.846. The van der Waals surface area contributed by atoms with Gasteiger partial charge in [-0.25, -0.2) is 0 Å². The molecule has 1 aliphatic carbocycles. The second-order valence-electron chi connectivity index (χ2n) is 5.57. The van der Waals surface area contributed by atoms with Gasteiger partial charge in [-0.3, -0.25) is 9.59 Å². The number of nitrogens with two attached hydrogens (primary N) is 1. The normalized spacial score (nSPS) is 33.2. The van der Waals surface area contributed by atoms with Gasteiger partial charge in [0.2, 0.25) is 5.91 Å². The van der Waals surface area contributed by atoms with Gasteiger partial charge in [-0.15, -0.1) is 0 Å². The van der Waals surface area contributed by atoms with Gasteiger partial charge in [0, 0.05) is 25.0 Å². The second kappa shape index (κ2) is 5.69. The number of likely N-dealkylation sites (tertiary alicyclic amines) is 1. The van der Waals surface area contributed by atoms with Crippen molar-refractivity contribution in [1.29, 1.82) is 0 Å². The van der Waals surface area contributed by atoms with E-state index in [1.54, 1.807) is 0 Å². The molecule has 2 fully saturated rings. The maximum Gasteiger partial charge on any atom is 0.306 e. The van der Waals surface area contributed by atoms with Gasteiger partial charge >= 0.3 is 5.97 Å². The van der Waals surface area contributed by atoms with Crippen LogP contribution in [0.5, 0.6) is 0 Å². The molecule has 2 aliphatic rings. The molecule has 1 atom stereocenters. The van der Waals surface area contributed by atoms with Crippen LogP contribution in [0.4, 0.5) is 0 Å².